The van der Waals surface area contributed by atoms with Crippen molar-refractivity contribution in [2.45, 2.75) is 23.4 Å². The molecule has 0 aliphatic carbocycles. The SMILES string of the molecule is CC(N)(c1ccccc1)C(NS(=O)(=O)c1ccc([N+](=O)[O-])cc1)C(=O)O. The maximum absolute atomic E-state index is 12.5. The average Bonchev–Trinajstić information content (AvgIpc) is 2.60. The Bertz CT molecular complexity index is 911. The Labute approximate surface area is 149 Å². The zero-order valence-electron chi connectivity index (χ0n) is 13.7. The molecule has 0 fully saturated rings. The van der Waals surface area contributed by atoms with E-state index in [9.17, 15) is 28.4 Å². The number of hydrogen-bond acceptors (Lipinski definition) is 6. The zero-order chi connectivity index (χ0) is 19.5. The normalized spacial score (nSPS) is 15.0. The summed E-state index contributed by atoms with van der Waals surface area (Å²) in [4.78, 5) is 21.4. The number of aliphatic carboxylic acids is 1. The van der Waals surface area contributed by atoms with Crippen molar-refractivity contribution in [2.24, 2.45) is 5.73 Å². The Hall–Kier alpha value is -2.82. The van der Waals surface area contributed by atoms with Crippen LogP contribution in [0.2, 0.25) is 0 Å². The first kappa shape index (κ1) is 19.5. The van der Waals surface area contributed by atoms with Crippen LogP contribution in [0.5, 0.6) is 0 Å². The second kappa shape index (κ2) is 7.20. The predicted molar refractivity (Wildman–Crippen MR) is 92.8 cm³/mol. The van der Waals surface area contributed by atoms with Crippen molar-refractivity contribution in [1.29, 1.82) is 0 Å². The van der Waals surface area contributed by atoms with Gasteiger partial charge in [0.05, 0.1) is 15.4 Å². The standard InChI is InChI=1S/C16H17N3O6S/c1-16(17,11-5-3-2-4-6-11)14(15(20)21)18-26(24,25)13-9-7-12(8-10-13)19(22)23/h2-10,14,18H,17H2,1H3,(H,20,21). The van der Waals surface area contributed by atoms with Crippen LogP contribution in [-0.2, 0) is 20.4 Å². The molecule has 10 heteroatoms. The molecule has 2 atom stereocenters. The summed E-state index contributed by atoms with van der Waals surface area (Å²) in [5.41, 5.74) is 4.74. The molecule has 2 unspecified atom stereocenters. The lowest BCUT2D eigenvalue weighted by atomic mass is 9.86. The van der Waals surface area contributed by atoms with Crippen molar-refractivity contribution in [1.82, 2.24) is 4.72 Å². The van der Waals surface area contributed by atoms with Crippen molar-refractivity contribution in [2.75, 3.05) is 0 Å². The molecule has 2 rings (SSSR count). The summed E-state index contributed by atoms with van der Waals surface area (Å²) in [6, 6.07) is 10.6. The van der Waals surface area contributed by atoms with Crippen LogP contribution in [0.3, 0.4) is 0 Å². The molecule has 138 valence electrons. The number of non-ortho nitro benzene ring substituents is 1. The highest BCUT2D eigenvalue weighted by Gasteiger charge is 2.40. The third-order valence-corrected chi connectivity index (χ3v) is 5.31. The van der Waals surface area contributed by atoms with Gasteiger partial charge in [-0.1, -0.05) is 30.3 Å². The highest BCUT2D eigenvalue weighted by atomic mass is 32.2. The van der Waals surface area contributed by atoms with Crippen LogP contribution < -0.4 is 10.5 Å². The van der Waals surface area contributed by atoms with E-state index in [2.05, 4.69) is 4.72 Å². The largest absolute Gasteiger partial charge is 0.480 e. The predicted octanol–water partition coefficient (Wildman–Crippen LogP) is 1.20. The van der Waals surface area contributed by atoms with E-state index in [1.165, 1.54) is 6.92 Å². The minimum Gasteiger partial charge on any atom is -0.480 e. The first-order chi connectivity index (χ1) is 12.1. The molecule has 0 radical (unpaired) electrons. The number of nitrogens with zero attached hydrogens (tertiary/aromatic N) is 1. The lowest BCUT2D eigenvalue weighted by Crippen LogP contribution is -2.58. The summed E-state index contributed by atoms with van der Waals surface area (Å²) in [6.45, 7) is 1.40. The Morgan fingerprint density at radius 2 is 1.73 bits per heavy atom. The highest BCUT2D eigenvalue weighted by Crippen LogP contribution is 2.24. The van der Waals surface area contributed by atoms with Gasteiger partial charge in [0, 0.05) is 12.1 Å². The maximum Gasteiger partial charge on any atom is 0.324 e. The fourth-order valence-corrected chi connectivity index (χ4v) is 3.65. The smallest absolute Gasteiger partial charge is 0.324 e. The van der Waals surface area contributed by atoms with Gasteiger partial charge in [0.2, 0.25) is 10.0 Å². The fraction of sp³-hybridized carbons (Fsp3) is 0.188. The third-order valence-electron chi connectivity index (χ3n) is 3.87. The molecule has 2 aromatic rings. The lowest BCUT2D eigenvalue weighted by molar-refractivity contribution is -0.384. The van der Waals surface area contributed by atoms with E-state index in [1.54, 1.807) is 30.3 Å². The Morgan fingerprint density at radius 3 is 2.19 bits per heavy atom. The zero-order valence-corrected chi connectivity index (χ0v) is 14.5. The van der Waals surface area contributed by atoms with Gasteiger partial charge in [-0.05, 0) is 24.6 Å². The van der Waals surface area contributed by atoms with Crippen molar-refractivity contribution >= 4 is 21.7 Å². The van der Waals surface area contributed by atoms with Gasteiger partial charge < -0.3 is 10.8 Å². The number of hydrogen-bond donors (Lipinski definition) is 3. The summed E-state index contributed by atoms with van der Waals surface area (Å²) in [6.07, 6.45) is 0. The van der Waals surface area contributed by atoms with Gasteiger partial charge in [-0.3, -0.25) is 14.9 Å². The lowest BCUT2D eigenvalue weighted by Gasteiger charge is -2.32. The van der Waals surface area contributed by atoms with E-state index in [1.807, 2.05) is 0 Å². The molecular formula is C16H17N3O6S. The molecule has 9 nitrogen and oxygen atoms in total. The Morgan fingerprint density at radius 1 is 1.19 bits per heavy atom. The summed E-state index contributed by atoms with van der Waals surface area (Å²) in [7, 11) is -4.27. The molecule has 0 aromatic heterocycles. The molecule has 26 heavy (non-hydrogen) atoms. The van der Waals surface area contributed by atoms with E-state index < -0.39 is 32.5 Å². The van der Waals surface area contributed by atoms with Crippen LogP contribution in [-0.4, -0.2) is 30.5 Å². The maximum atomic E-state index is 12.5. The number of rotatable bonds is 7. The van der Waals surface area contributed by atoms with Crippen LogP contribution in [0.25, 0.3) is 0 Å². The number of carboxylic acid groups (broad SMARTS) is 1. The number of benzene rings is 2. The first-order valence-electron chi connectivity index (χ1n) is 7.39. The van der Waals surface area contributed by atoms with E-state index in [0.29, 0.717) is 5.56 Å². The third kappa shape index (κ3) is 4.04. The second-order valence-corrected chi connectivity index (χ2v) is 7.51. The van der Waals surface area contributed by atoms with Crippen LogP contribution in [0.1, 0.15) is 12.5 Å². The monoisotopic (exact) mass is 379 g/mol. The van der Waals surface area contributed by atoms with Gasteiger partial charge >= 0.3 is 5.97 Å². The van der Waals surface area contributed by atoms with Crippen molar-refractivity contribution < 1.29 is 23.2 Å². The van der Waals surface area contributed by atoms with Crippen LogP contribution >= 0.6 is 0 Å². The van der Waals surface area contributed by atoms with Crippen molar-refractivity contribution in [3.63, 3.8) is 0 Å². The number of carbonyl (C=O) groups is 1. The summed E-state index contributed by atoms with van der Waals surface area (Å²) >= 11 is 0. The number of nitro groups is 1. The van der Waals surface area contributed by atoms with Crippen LogP contribution in [0.15, 0.2) is 59.5 Å². The number of nitrogens with one attached hydrogen (secondary N) is 1. The molecule has 0 saturated carbocycles. The minimum atomic E-state index is -4.27. The molecule has 0 saturated heterocycles. The molecule has 0 heterocycles. The molecule has 0 aliphatic heterocycles. The molecule has 4 N–H and O–H groups in total. The van der Waals surface area contributed by atoms with E-state index in [-0.39, 0.29) is 10.6 Å². The van der Waals surface area contributed by atoms with Crippen LogP contribution in [0, 0.1) is 10.1 Å². The van der Waals surface area contributed by atoms with Gasteiger partial charge in [-0.15, -0.1) is 0 Å². The van der Waals surface area contributed by atoms with Gasteiger partial charge in [0.1, 0.15) is 6.04 Å². The van der Waals surface area contributed by atoms with E-state index in [0.717, 1.165) is 24.3 Å². The fourth-order valence-electron chi connectivity index (χ4n) is 2.36. The molecule has 0 amide bonds. The number of nitrogens with two attached hydrogens (primary N) is 1. The quantitative estimate of drug-likeness (QED) is 0.482. The summed E-state index contributed by atoms with van der Waals surface area (Å²) < 4.78 is 27.1. The van der Waals surface area contributed by atoms with Gasteiger partial charge in [-0.25, -0.2) is 8.42 Å². The number of carboxylic acids is 1. The summed E-state index contributed by atoms with van der Waals surface area (Å²) in [5, 5.41) is 20.2. The average molecular weight is 379 g/mol. The van der Waals surface area contributed by atoms with Crippen molar-refractivity contribution in [3.8, 4) is 0 Å². The molecular weight excluding hydrogens is 362 g/mol. The summed E-state index contributed by atoms with van der Waals surface area (Å²) in [5.74, 6) is -1.45. The van der Waals surface area contributed by atoms with Crippen molar-refractivity contribution in [3.05, 3.63) is 70.3 Å². The number of nitro benzene ring substituents is 1. The molecule has 0 aliphatic rings. The first-order valence-corrected chi connectivity index (χ1v) is 8.88. The molecule has 0 bridgehead atoms. The molecule has 0 spiro atoms. The second-order valence-electron chi connectivity index (χ2n) is 5.79. The number of sulfonamides is 1. The van der Waals surface area contributed by atoms with Gasteiger partial charge in [0.25, 0.3) is 5.69 Å². The topological polar surface area (TPSA) is 153 Å². The van der Waals surface area contributed by atoms with Gasteiger partial charge in [-0.2, -0.15) is 4.72 Å². The van der Waals surface area contributed by atoms with E-state index in [4.69, 9.17) is 5.73 Å². The Kier molecular flexibility index (Phi) is 5.40. The highest BCUT2D eigenvalue weighted by molar-refractivity contribution is 7.89. The van der Waals surface area contributed by atoms with Gasteiger partial charge in [0.15, 0.2) is 0 Å². The minimum absolute atomic E-state index is 0.285. The van der Waals surface area contributed by atoms with E-state index >= 15 is 0 Å². The molecule has 2 aromatic carbocycles. The van der Waals surface area contributed by atoms with Crippen LogP contribution in [0.4, 0.5) is 5.69 Å². The Balaban J connectivity index is 2.37.